The Morgan fingerprint density at radius 2 is 1.90 bits per heavy atom. The lowest BCUT2D eigenvalue weighted by Crippen LogP contribution is -2.31. The zero-order valence-corrected chi connectivity index (χ0v) is 12.1. The van der Waals surface area contributed by atoms with Crippen LogP contribution in [0.15, 0.2) is 18.5 Å². The Balaban J connectivity index is 2.62. The summed E-state index contributed by atoms with van der Waals surface area (Å²) in [7, 11) is 1.61. The van der Waals surface area contributed by atoms with E-state index in [4.69, 9.17) is 4.74 Å². The molecular weight excluding hydrogens is 258 g/mol. The van der Waals surface area contributed by atoms with Crippen LogP contribution < -0.4 is 10.6 Å². The van der Waals surface area contributed by atoms with Crippen LogP contribution in [0.4, 0.5) is 0 Å². The van der Waals surface area contributed by atoms with Crippen LogP contribution >= 0.6 is 0 Å². The van der Waals surface area contributed by atoms with Gasteiger partial charge in [0.05, 0.1) is 11.1 Å². The Morgan fingerprint density at radius 1 is 1.25 bits per heavy atom. The van der Waals surface area contributed by atoms with E-state index in [1.165, 1.54) is 18.5 Å². The Morgan fingerprint density at radius 3 is 2.50 bits per heavy atom. The maximum Gasteiger partial charge on any atom is 0.253 e. The largest absolute Gasteiger partial charge is 0.385 e. The highest BCUT2D eigenvalue weighted by atomic mass is 16.5. The van der Waals surface area contributed by atoms with Crippen molar-refractivity contribution in [1.29, 1.82) is 0 Å². The number of carbonyl (C=O) groups excluding carboxylic acids is 2. The van der Waals surface area contributed by atoms with Crippen LogP contribution in [-0.2, 0) is 4.74 Å². The number of aromatic nitrogens is 1. The minimum absolute atomic E-state index is 0.0361. The molecule has 0 bridgehead atoms. The smallest absolute Gasteiger partial charge is 0.253 e. The van der Waals surface area contributed by atoms with Gasteiger partial charge in [-0.15, -0.1) is 0 Å². The van der Waals surface area contributed by atoms with Crippen molar-refractivity contribution in [1.82, 2.24) is 15.6 Å². The molecular formula is C14H21N3O3. The number of carbonyl (C=O) groups is 2. The second kappa shape index (κ2) is 8.27. The Bertz CT molecular complexity index is 461. The van der Waals surface area contributed by atoms with Crippen LogP contribution in [0.2, 0.25) is 0 Å². The first kappa shape index (κ1) is 16.1. The van der Waals surface area contributed by atoms with Gasteiger partial charge in [0.25, 0.3) is 11.8 Å². The summed E-state index contributed by atoms with van der Waals surface area (Å²) in [5.41, 5.74) is 0.752. The lowest BCUT2D eigenvalue weighted by Gasteiger charge is -2.09. The number of methoxy groups -OCH3 is 1. The first-order valence-corrected chi connectivity index (χ1v) is 6.57. The van der Waals surface area contributed by atoms with Crippen molar-refractivity contribution in [3.05, 3.63) is 29.6 Å². The first-order valence-electron chi connectivity index (χ1n) is 6.57. The second-order valence-corrected chi connectivity index (χ2v) is 4.69. The predicted molar refractivity (Wildman–Crippen MR) is 75.7 cm³/mol. The first-order chi connectivity index (χ1) is 9.54. The van der Waals surface area contributed by atoms with Gasteiger partial charge in [-0.3, -0.25) is 14.6 Å². The van der Waals surface area contributed by atoms with Crippen molar-refractivity contribution in [2.24, 2.45) is 0 Å². The number of pyridine rings is 1. The minimum Gasteiger partial charge on any atom is -0.385 e. The van der Waals surface area contributed by atoms with Gasteiger partial charge in [0.15, 0.2) is 0 Å². The van der Waals surface area contributed by atoms with E-state index >= 15 is 0 Å². The number of hydrogen-bond acceptors (Lipinski definition) is 4. The van der Waals surface area contributed by atoms with Gasteiger partial charge in [-0.2, -0.15) is 0 Å². The number of nitrogens with zero attached hydrogens (tertiary/aromatic N) is 1. The molecule has 0 aromatic carbocycles. The minimum atomic E-state index is -0.243. The van der Waals surface area contributed by atoms with E-state index in [2.05, 4.69) is 15.6 Å². The average molecular weight is 279 g/mol. The topological polar surface area (TPSA) is 80.3 Å². The van der Waals surface area contributed by atoms with Crippen molar-refractivity contribution >= 4 is 11.8 Å². The molecule has 2 amide bonds. The predicted octanol–water partition coefficient (Wildman–Crippen LogP) is 0.986. The number of hydrogen-bond donors (Lipinski definition) is 2. The van der Waals surface area contributed by atoms with Crippen LogP contribution in [-0.4, -0.2) is 43.1 Å². The van der Waals surface area contributed by atoms with Gasteiger partial charge in [-0.1, -0.05) is 0 Å². The summed E-state index contributed by atoms with van der Waals surface area (Å²) in [6, 6.07) is 1.57. The number of amides is 2. The number of ether oxygens (including phenoxy) is 1. The molecule has 1 aromatic heterocycles. The molecule has 0 radical (unpaired) electrons. The van der Waals surface area contributed by atoms with Crippen molar-refractivity contribution in [2.45, 2.75) is 26.3 Å². The van der Waals surface area contributed by atoms with E-state index in [1.54, 1.807) is 7.11 Å². The van der Waals surface area contributed by atoms with E-state index < -0.39 is 0 Å². The molecule has 20 heavy (non-hydrogen) atoms. The van der Waals surface area contributed by atoms with Gasteiger partial charge in [-0.25, -0.2) is 0 Å². The van der Waals surface area contributed by atoms with Gasteiger partial charge in [0.2, 0.25) is 0 Å². The fourth-order valence-electron chi connectivity index (χ4n) is 1.55. The molecule has 1 rings (SSSR count). The summed E-state index contributed by atoms with van der Waals surface area (Å²) in [4.78, 5) is 27.6. The second-order valence-electron chi connectivity index (χ2n) is 4.69. The monoisotopic (exact) mass is 279 g/mol. The Kier molecular flexibility index (Phi) is 6.66. The highest BCUT2D eigenvalue weighted by molar-refractivity contribution is 5.99. The van der Waals surface area contributed by atoms with E-state index in [9.17, 15) is 9.59 Å². The van der Waals surface area contributed by atoms with E-state index in [0.717, 1.165) is 6.42 Å². The molecule has 0 saturated carbocycles. The van der Waals surface area contributed by atoms with Crippen molar-refractivity contribution in [3.63, 3.8) is 0 Å². The van der Waals surface area contributed by atoms with Crippen molar-refractivity contribution < 1.29 is 14.3 Å². The third-order valence-corrected chi connectivity index (χ3v) is 2.49. The fraction of sp³-hybridized carbons (Fsp3) is 0.500. The van der Waals surface area contributed by atoms with Crippen molar-refractivity contribution in [2.75, 3.05) is 20.3 Å². The van der Waals surface area contributed by atoms with E-state index in [1.807, 2.05) is 13.8 Å². The molecule has 2 N–H and O–H groups in total. The molecule has 6 heteroatoms. The molecule has 6 nitrogen and oxygen atoms in total. The molecule has 0 spiro atoms. The van der Waals surface area contributed by atoms with Crippen LogP contribution in [0.1, 0.15) is 41.0 Å². The molecule has 0 fully saturated rings. The molecule has 0 aliphatic rings. The maximum atomic E-state index is 11.9. The lowest BCUT2D eigenvalue weighted by atomic mass is 10.1. The van der Waals surface area contributed by atoms with Crippen LogP contribution in [0.25, 0.3) is 0 Å². The van der Waals surface area contributed by atoms with Gasteiger partial charge in [0.1, 0.15) is 0 Å². The standard InChI is InChI=1S/C14H21N3O3/c1-10(2)17-14(19)12-7-11(8-15-9-12)13(18)16-5-4-6-20-3/h7-10H,4-6H2,1-3H3,(H,16,18)(H,17,19). The highest BCUT2D eigenvalue weighted by Crippen LogP contribution is 2.03. The Labute approximate surface area is 118 Å². The summed E-state index contributed by atoms with van der Waals surface area (Å²) in [5, 5.41) is 5.51. The molecule has 0 aliphatic carbocycles. The number of nitrogens with one attached hydrogen (secondary N) is 2. The number of rotatable bonds is 7. The average Bonchev–Trinajstić information content (AvgIpc) is 2.43. The van der Waals surface area contributed by atoms with Gasteiger partial charge in [0, 0.05) is 38.7 Å². The molecule has 110 valence electrons. The summed E-state index contributed by atoms with van der Waals surface area (Å²) in [6.07, 6.45) is 3.63. The van der Waals surface area contributed by atoms with E-state index in [0.29, 0.717) is 24.3 Å². The molecule has 0 unspecified atom stereocenters. The fourth-order valence-corrected chi connectivity index (χ4v) is 1.55. The zero-order valence-electron chi connectivity index (χ0n) is 12.1. The third kappa shape index (κ3) is 5.36. The van der Waals surface area contributed by atoms with E-state index in [-0.39, 0.29) is 17.9 Å². The van der Waals surface area contributed by atoms with Crippen LogP contribution in [0.5, 0.6) is 0 Å². The van der Waals surface area contributed by atoms with Crippen molar-refractivity contribution in [3.8, 4) is 0 Å². The Hall–Kier alpha value is -1.95. The summed E-state index contributed by atoms with van der Waals surface area (Å²) in [6.45, 7) is 4.86. The molecule has 0 aliphatic heterocycles. The molecule has 0 saturated heterocycles. The van der Waals surface area contributed by atoms with Gasteiger partial charge in [-0.05, 0) is 26.3 Å². The molecule has 1 heterocycles. The zero-order chi connectivity index (χ0) is 15.0. The normalized spacial score (nSPS) is 10.4. The molecule has 0 atom stereocenters. The summed E-state index contributed by atoms with van der Waals surface area (Å²) < 4.78 is 4.90. The SMILES string of the molecule is COCCCNC(=O)c1cncc(C(=O)NC(C)C)c1. The van der Waals surface area contributed by atoms with Crippen LogP contribution in [0, 0.1) is 0 Å². The highest BCUT2D eigenvalue weighted by Gasteiger charge is 2.11. The third-order valence-electron chi connectivity index (χ3n) is 2.49. The van der Waals surface area contributed by atoms with Gasteiger partial charge < -0.3 is 15.4 Å². The quantitative estimate of drug-likeness (QED) is 0.729. The molecule has 1 aromatic rings. The van der Waals surface area contributed by atoms with Crippen LogP contribution in [0.3, 0.4) is 0 Å². The summed E-state index contributed by atoms with van der Waals surface area (Å²) in [5.74, 6) is -0.477. The summed E-state index contributed by atoms with van der Waals surface area (Å²) >= 11 is 0. The maximum absolute atomic E-state index is 11.9. The lowest BCUT2D eigenvalue weighted by molar-refractivity contribution is 0.0942. The van der Waals surface area contributed by atoms with Gasteiger partial charge >= 0.3 is 0 Å².